The fraction of sp³-hybridized carbons (Fsp3) is 0.200. The van der Waals surface area contributed by atoms with E-state index in [4.69, 9.17) is 32.7 Å². The van der Waals surface area contributed by atoms with Gasteiger partial charge < -0.3 is 9.47 Å². The minimum atomic E-state index is -0.770. The van der Waals surface area contributed by atoms with E-state index >= 15 is 0 Å². The molecular weight excluding hydrogens is 302 g/mol. The molecule has 2 aromatic carbocycles. The lowest BCUT2D eigenvalue weighted by Gasteiger charge is -2.17. The molecule has 0 fully saturated rings. The Labute approximate surface area is 127 Å². The summed E-state index contributed by atoms with van der Waals surface area (Å²) in [5.74, 6) is 0.700. The summed E-state index contributed by atoms with van der Waals surface area (Å²) in [6.45, 7) is 0. The van der Waals surface area contributed by atoms with Gasteiger partial charge in [-0.3, -0.25) is 0 Å². The zero-order valence-electron chi connectivity index (χ0n) is 11.0. The first kappa shape index (κ1) is 14.9. The van der Waals surface area contributed by atoms with Crippen molar-refractivity contribution < 1.29 is 13.9 Å². The molecule has 1 unspecified atom stereocenters. The average Bonchev–Trinajstić information content (AvgIpc) is 2.46. The summed E-state index contributed by atoms with van der Waals surface area (Å²) in [6, 6.07) is 9.63. The van der Waals surface area contributed by atoms with Crippen LogP contribution in [-0.2, 0) is 0 Å². The smallest absolute Gasteiger partial charge is 0.129 e. The Morgan fingerprint density at radius 2 is 1.85 bits per heavy atom. The van der Waals surface area contributed by atoms with Crippen molar-refractivity contribution in [2.45, 2.75) is 5.38 Å². The molecule has 0 amide bonds. The first-order valence-corrected chi connectivity index (χ1v) is 6.69. The first-order chi connectivity index (χ1) is 9.58. The Hall–Kier alpha value is -1.45. The van der Waals surface area contributed by atoms with E-state index in [2.05, 4.69) is 0 Å². The van der Waals surface area contributed by atoms with Crippen molar-refractivity contribution in [3.05, 3.63) is 58.4 Å². The lowest BCUT2D eigenvalue weighted by Crippen LogP contribution is -2.01. The van der Waals surface area contributed by atoms with Gasteiger partial charge in [0.1, 0.15) is 17.3 Å². The van der Waals surface area contributed by atoms with Gasteiger partial charge in [-0.15, -0.1) is 11.6 Å². The van der Waals surface area contributed by atoms with Gasteiger partial charge in [0.05, 0.1) is 19.6 Å². The van der Waals surface area contributed by atoms with Crippen LogP contribution in [0.3, 0.4) is 0 Å². The van der Waals surface area contributed by atoms with Gasteiger partial charge >= 0.3 is 0 Å². The van der Waals surface area contributed by atoms with E-state index in [1.165, 1.54) is 19.2 Å². The zero-order valence-corrected chi connectivity index (χ0v) is 12.5. The van der Waals surface area contributed by atoms with E-state index in [0.29, 0.717) is 17.1 Å². The Morgan fingerprint density at radius 3 is 2.45 bits per heavy atom. The predicted octanol–water partition coefficient (Wildman–Crippen LogP) is 4.82. The Kier molecular flexibility index (Phi) is 4.73. The third-order valence-corrected chi connectivity index (χ3v) is 3.75. The second-order valence-corrected chi connectivity index (χ2v) is 4.95. The SMILES string of the molecule is COc1ccc(OC)c(C(Cl)c2c(F)cccc2Cl)c1. The Bertz CT molecular complexity index is 597. The molecule has 5 heteroatoms. The van der Waals surface area contributed by atoms with Gasteiger partial charge in [0.2, 0.25) is 0 Å². The van der Waals surface area contributed by atoms with Gasteiger partial charge in [0.25, 0.3) is 0 Å². The van der Waals surface area contributed by atoms with E-state index in [1.54, 1.807) is 31.4 Å². The molecule has 106 valence electrons. The topological polar surface area (TPSA) is 18.5 Å². The third kappa shape index (κ3) is 2.84. The molecule has 2 rings (SSSR count). The summed E-state index contributed by atoms with van der Waals surface area (Å²) in [5, 5.41) is -0.497. The predicted molar refractivity (Wildman–Crippen MR) is 78.7 cm³/mol. The molecule has 0 aliphatic heterocycles. The second-order valence-electron chi connectivity index (χ2n) is 4.11. The van der Waals surface area contributed by atoms with E-state index in [1.807, 2.05) is 0 Å². The highest BCUT2D eigenvalue weighted by molar-refractivity contribution is 6.33. The maximum absolute atomic E-state index is 14.0. The van der Waals surface area contributed by atoms with E-state index in [0.717, 1.165) is 0 Å². The summed E-state index contributed by atoms with van der Waals surface area (Å²) in [7, 11) is 3.07. The fourth-order valence-corrected chi connectivity index (χ4v) is 2.67. The number of alkyl halides is 1. The van der Waals surface area contributed by atoms with Gasteiger partial charge in [-0.25, -0.2) is 4.39 Å². The number of benzene rings is 2. The normalized spacial score (nSPS) is 12.1. The Balaban J connectivity index is 2.55. The Morgan fingerprint density at radius 1 is 1.10 bits per heavy atom. The molecule has 0 N–H and O–H groups in total. The molecule has 0 saturated carbocycles. The maximum Gasteiger partial charge on any atom is 0.129 e. The molecule has 0 aliphatic carbocycles. The van der Waals surface area contributed by atoms with Crippen molar-refractivity contribution in [2.24, 2.45) is 0 Å². The summed E-state index contributed by atoms with van der Waals surface area (Å²) >= 11 is 12.4. The quantitative estimate of drug-likeness (QED) is 0.753. The van der Waals surface area contributed by atoms with Crippen molar-refractivity contribution in [1.29, 1.82) is 0 Å². The third-order valence-electron chi connectivity index (χ3n) is 2.96. The average molecular weight is 315 g/mol. The highest BCUT2D eigenvalue weighted by atomic mass is 35.5. The van der Waals surface area contributed by atoms with Crippen LogP contribution < -0.4 is 9.47 Å². The minimum absolute atomic E-state index is 0.224. The van der Waals surface area contributed by atoms with Crippen LogP contribution in [0.25, 0.3) is 0 Å². The van der Waals surface area contributed by atoms with Crippen molar-refractivity contribution in [3.63, 3.8) is 0 Å². The molecule has 1 atom stereocenters. The van der Waals surface area contributed by atoms with Gasteiger partial charge in [-0.2, -0.15) is 0 Å². The highest BCUT2D eigenvalue weighted by Gasteiger charge is 2.22. The first-order valence-electron chi connectivity index (χ1n) is 5.88. The molecule has 0 radical (unpaired) electrons. The van der Waals surface area contributed by atoms with Crippen LogP contribution in [0.5, 0.6) is 11.5 Å². The lowest BCUT2D eigenvalue weighted by atomic mass is 10.0. The highest BCUT2D eigenvalue weighted by Crippen LogP contribution is 2.40. The number of methoxy groups -OCH3 is 2. The van der Waals surface area contributed by atoms with Crippen LogP contribution in [0.4, 0.5) is 4.39 Å². The van der Waals surface area contributed by atoms with Gasteiger partial charge in [-0.1, -0.05) is 17.7 Å². The molecule has 0 bridgehead atoms. The largest absolute Gasteiger partial charge is 0.497 e. The van der Waals surface area contributed by atoms with Gasteiger partial charge in [0.15, 0.2) is 0 Å². The lowest BCUT2D eigenvalue weighted by molar-refractivity contribution is 0.399. The molecule has 2 nitrogen and oxygen atoms in total. The minimum Gasteiger partial charge on any atom is -0.497 e. The molecule has 0 aromatic heterocycles. The summed E-state index contributed by atoms with van der Waals surface area (Å²) in [5.41, 5.74) is 0.822. The molecule has 0 spiro atoms. The zero-order chi connectivity index (χ0) is 14.7. The summed E-state index contributed by atoms with van der Waals surface area (Å²) < 4.78 is 24.4. The summed E-state index contributed by atoms with van der Waals surface area (Å²) in [4.78, 5) is 0. The molecule has 0 heterocycles. The van der Waals surface area contributed by atoms with Crippen molar-refractivity contribution >= 4 is 23.2 Å². The molecule has 20 heavy (non-hydrogen) atoms. The van der Waals surface area contributed by atoms with Gasteiger partial charge in [-0.05, 0) is 30.3 Å². The van der Waals surface area contributed by atoms with Crippen LogP contribution in [0.2, 0.25) is 5.02 Å². The number of hydrogen-bond acceptors (Lipinski definition) is 2. The van der Waals surface area contributed by atoms with E-state index < -0.39 is 11.2 Å². The van der Waals surface area contributed by atoms with Crippen LogP contribution in [0.1, 0.15) is 16.5 Å². The second kappa shape index (κ2) is 6.33. The maximum atomic E-state index is 14.0. The van der Waals surface area contributed by atoms with E-state index in [9.17, 15) is 4.39 Å². The standard InChI is InChI=1S/C15H13Cl2FO2/c1-19-9-6-7-13(20-2)10(8-9)15(17)14-11(16)4-3-5-12(14)18/h3-8,15H,1-2H3. The molecule has 0 aliphatic rings. The molecular formula is C15H13Cl2FO2. The van der Waals surface area contributed by atoms with Crippen molar-refractivity contribution in [3.8, 4) is 11.5 Å². The van der Waals surface area contributed by atoms with Crippen LogP contribution in [-0.4, -0.2) is 14.2 Å². The van der Waals surface area contributed by atoms with Crippen molar-refractivity contribution in [1.82, 2.24) is 0 Å². The number of hydrogen-bond donors (Lipinski definition) is 0. The van der Waals surface area contributed by atoms with E-state index in [-0.39, 0.29) is 10.6 Å². The van der Waals surface area contributed by atoms with Crippen LogP contribution in [0.15, 0.2) is 36.4 Å². The summed E-state index contributed by atoms with van der Waals surface area (Å²) in [6.07, 6.45) is 0. The molecule has 0 saturated heterocycles. The number of ether oxygens (including phenoxy) is 2. The van der Waals surface area contributed by atoms with Gasteiger partial charge in [0, 0.05) is 16.1 Å². The molecule has 2 aromatic rings. The van der Waals surface area contributed by atoms with Crippen molar-refractivity contribution in [2.75, 3.05) is 14.2 Å². The number of halogens is 3. The van der Waals surface area contributed by atoms with Crippen LogP contribution >= 0.6 is 23.2 Å². The van der Waals surface area contributed by atoms with Crippen LogP contribution in [0, 0.1) is 5.82 Å². The number of rotatable bonds is 4. The fourth-order valence-electron chi connectivity index (χ4n) is 1.95. The monoisotopic (exact) mass is 314 g/mol.